The van der Waals surface area contributed by atoms with E-state index in [9.17, 15) is 17.6 Å². The SMILES string of the molecule is CS(=O)(=O)c1ccc2nc(NC(=O)CCc3ccc(F)cc3)sc2c1. The van der Waals surface area contributed by atoms with E-state index < -0.39 is 9.84 Å². The Kier molecular flexibility index (Phi) is 4.82. The zero-order valence-corrected chi connectivity index (χ0v) is 15.0. The van der Waals surface area contributed by atoms with Gasteiger partial charge in [-0.05, 0) is 42.3 Å². The number of thiazole rings is 1. The summed E-state index contributed by atoms with van der Waals surface area (Å²) in [5.41, 5.74) is 1.50. The molecule has 0 aliphatic carbocycles. The van der Waals surface area contributed by atoms with Crippen LogP contribution in [-0.4, -0.2) is 25.6 Å². The summed E-state index contributed by atoms with van der Waals surface area (Å²) in [5.74, 6) is -0.511. The van der Waals surface area contributed by atoms with Gasteiger partial charge in [0.1, 0.15) is 5.82 Å². The zero-order valence-electron chi connectivity index (χ0n) is 13.3. The number of anilines is 1. The van der Waals surface area contributed by atoms with E-state index in [2.05, 4.69) is 10.3 Å². The summed E-state index contributed by atoms with van der Waals surface area (Å²) in [5, 5.41) is 3.14. The summed E-state index contributed by atoms with van der Waals surface area (Å²) in [6.45, 7) is 0. The number of carbonyl (C=O) groups excluding carboxylic acids is 1. The lowest BCUT2D eigenvalue weighted by Crippen LogP contribution is -2.12. The number of rotatable bonds is 5. The third-order valence-electron chi connectivity index (χ3n) is 3.59. The van der Waals surface area contributed by atoms with Crippen LogP contribution in [0.4, 0.5) is 9.52 Å². The van der Waals surface area contributed by atoms with E-state index in [-0.39, 0.29) is 23.0 Å². The van der Waals surface area contributed by atoms with Crippen molar-refractivity contribution in [1.82, 2.24) is 4.98 Å². The molecule has 5 nitrogen and oxygen atoms in total. The van der Waals surface area contributed by atoms with E-state index in [1.165, 1.54) is 29.5 Å². The number of fused-ring (bicyclic) bond motifs is 1. The van der Waals surface area contributed by atoms with Crippen LogP contribution < -0.4 is 5.32 Å². The number of aromatic nitrogens is 1. The molecule has 1 N–H and O–H groups in total. The minimum atomic E-state index is -3.29. The first-order chi connectivity index (χ1) is 11.8. The van der Waals surface area contributed by atoms with Gasteiger partial charge in [-0.1, -0.05) is 23.5 Å². The Hall–Kier alpha value is -2.32. The quantitative estimate of drug-likeness (QED) is 0.738. The van der Waals surface area contributed by atoms with Crippen LogP contribution in [0.15, 0.2) is 47.4 Å². The summed E-state index contributed by atoms with van der Waals surface area (Å²) in [6, 6.07) is 10.7. The largest absolute Gasteiger partial charge is 0.302 e. The van der Waals surface area contributed by atoms with Crippen LogP contribution in [0, 0.1) is 5.82 Å². The first-order valence-electron chi connectivity index (χ1n) is 7.46. The van der Waals surface area contributed by atoms with Crippen molar-refractivity contribution in [3.63, 3.8) is 0 Å². The molecule has 0 saturated carbocycles. The minimum absolute atomic E-state index is 0.202. The minimum Gasteiger partial charge on any atom is -0.302 e. The predicted molar refractivity (Wildman–Crippen MR) is 96.1 cm³/mol. The monoisotopic (exact) mass is 378 g/mol. The maximum absolute atomic E-state index is 12.9. The van der Waals surface area contributed by atoms with Crippen molar-refractivity contribution in [2.45, 2.75) is 17.7 Å². The van der Waals surface area contributed by atoms with Gasteiger partial charge in [0.05, 0.1) is 15.1 Å². The van der Waals surface area contributed by atoms with Gasteiger partial charge in [-0.25, -0.2) is 17.8 Å². The second kappa shape index (κ2) is 6.89. The molecule has 8 heteroatoms. The molecule has 3 rings (SSSR count). The maximum Gasteiger partial charge on any atom is 0.226 e. The van der Waals surface area contributed by atoms with Crippen molar-refractivity contribution in [3.8, 4) is 0 Å². The number of nitrogens with zero attached hydrogens (tertiary/aromatic N) is 1. The lowest BCUT2D eigenvalue weighted by Gasteiger charge is -2.02. The highest BCUT2D eigenvalue weighted by Crippen LogP contribution is 2.28. The Labute approximate surface area is 148 Å². The lowest BCUT2D eigenvalue weighted by molar-refractivity contribution is -0.116. The van der Waals surface area contributed by atoms with Crippen LogP contribution in [-0.2, 0) is 21.1 Å². The molecule has 0 radical (unpaired) electrons. The number of halogens is 1. The molecule has 0 aliphatic rings. The average molecular weight is 378 g/mol. The van der Waals surface area contributed by atoms with Crippen LogP contribution >= 0.6 is 11.3 Å². The molecule has 0 bridgehead atoms. The van der Waals surface area contributed by atoms with Crippen molar-refractivity contribution < 1.29 is 17.6 Å². The van der Waals surface area contributed by atoms with Gasteiger partial charge in [-0.2, -0.15) is 0 Å². The third kappa shape index (κ3) is 4.40. The highest BCUT2D eigenvalue weighted by atomic mass is 32.2. The van der Waals surface area contributed by atoms with Gasteiger partial charge in [-0.3, -0.25) is 4.79 Å². The fraction of sp³-hybridized carbons (Fsp3) is 0.176. The van der Waals surface area contributed by atoms with E-state index >= 15 is 0 Å². The fourth-order valence-electron chi connectivity index (χ4n) is 2.28. The standard InChI is InChI=1S/C17H15FN2O3S2/c1-25(22,23)13-7-8-14-15(10-13)24-17(19-14)20-16(21)9-4-11-2-5-12(18)6-3-11/h2-3,5-8,10H,4,9H2,1H3,(H,19,20,21). The normalized spacial score (nSPS) is 11.6. The summed E-state index contributed by atoms with van der Waals surface area (Å²) in [4.78, 5) is 16.5. The smallest absolute Gasteiger partial charge is 0.226 e. The molecule has 0 fully saturated rings. The summed E-state index contributed by atoms with van der Waals surface area (Å²) >= 11 is 1.22. The number of benzene rings is 2. The summed E-state index contributed by atoms with van der Waals surface area (Å²) in [6.07, 6.45) is 1.89. The molecule has 0 saturated heterocycles. The molecule has 1 heterocycles. The molecule has 2 aromatic carbocycles. The van der Waals surface area contributed by atoms with Gasteiger partial charge in [-0.15, -0.1) is 0 Å². The number of amides is 1. The van der Waals surface area contributed by atoms with Crippen molar-refractivity contribution in [2.75, 3.05) is 11.6 Å². The Morgan fingerprint density at radius 1 is 1.20 bits per heavy atom. The van der Waals surface area contributed by atoms with E-state index in [1.807, 2.05) is 0 Å². The number of aryl methyl sites for hydroxylation is 1. The van der Waals surface area contributed by atoms with Crippen molar-refractivity contribution in [2.24, 2.45) is 0 Å². The van der Waals surface area contributed by atoms with Crippen LogP contribution in [0.25, 0.3) is 10.2 Å². The molecule has 25 heavy (non-hydrogen) atoms. The highest BCUT2D eigenvalue weighted by Gasteiger charge is 2.12. The average Bonchev–Trinajstić information content (AvgIpc) is 2.94. The third-order valence-corrected chi connectivity index (χ3v) is 5.63. The van der Waals surface area contributed by atoms with Crippen LogP contribution in [0.1, 0.15) is 12.0 Å². The van der Waals surface area contributed by atoms with Crippen LogP contribution in [0.3, 0.4) is 0 Å². The molecular weight excluding hydrogens is 363 g/mol. The second-order valence-electron chi connectivity index (χ2n) is 5.60. The first-order valence-corrected chi connectivity index (χ1v) is 10.2. The summed E-state index contributed by atoms with van der Waals surface area (Å²) in [7, 11) is -3.29. The predicted octanol–water partition coefficient (Wildman–Crippen LogP) is 3.41. The molecule has 0 atom stereocenters. The number of hydrogen-bond acceptors (Lipinski definition) is 5. The fourth-order valence-corrected chi connectivity index (χ4v) is 3.92. The number of nitrogens with one attached hydrogen (secondary N) is 1. The molecule has 1 amide bonds. The molecule has 0 spiro atoms. The molecular formula is C17H15FN2O3S2. The van der Waals surface area contributed by atoms with Gasteiger partial charge in [0.25, 0.3) is 0 Å². The Morgan fingerprint density at radius 3 is 2.60 bits per heavy atom. The topological polar surface area (TPSA) is 76.1 Å². The molecule has 3 aromatic rings. The second-order valence-corrected chi connectivity index (χ2v) is 8.64. The van der Waals surface area contributed by atoms with E-state index in [4.69, 9.17) is 0 Å². The van der Waals surface area contributed by atoms with Gasteiger partial charge in [0.2, 0.25) is 5.91 Å². The lowest BCUT2D eigenvalue weighted by atomic mass is 10.1. The molecule has 130 valence electrons. The molecule has 1 aromatic heterocycles. The Morgan fingerprint density at radius 2 is 1.92 bits per heavy atom. The Balaban J connectivity index is 1.67. The van der Waals surface area contributed by atoms with Gasteiger partial charge in [0.15, 0.2) is 15.0 Å². The van der Waals surface area contributed by atoms with Crippen molar-refractivity contribution in [1.29, 1.82) is 0 Å². The number of carbonyl (C=O) groups is 1. The van der Waals surface area contributed by atoms with E-state index in [0.29, 0.717) is 21.8 Å². The maximum atomic E-state index is 12.9. The van der Waals surface area contributed by atoms with Crippen molar-refractivity contribution in [3.05, 3.63) is 53.8 Å². The zero-order chi connectivity index (χ0) is 18.0. The number of hydrogen-bond donors (Lipinski definition) is 1. The highest BCUT2D eigenvalue weighted by molar-refractivity contribution is 7.90. The van der Waals surface area contributed by atoms with Gasteiger partial charge in [0, 0.05) is 12.7 Å². The molecule has 0 unspecified atom stereocenters. The van der Waals surface area contributed by atoms with E-state index in [1.54, 1.807) is 24.3 Å². The Bertz CT molecular complexity index is 1030. The van der Waals surface area contributed by atoms with Crippen molar-refractivity contribution >= 4 is 42.4 Å². The van der Waals surface area contributed by atoms with Gasteiger partial charge < -0.3 is 5.32 Å². The molecule has 0 aliphatic heterocycles. The number of sulfone groups is 1. The summed E-state index contributed by atoms with van der Waals surface area (Å²) < 4.78 is 36.7. The van der Waals surface area contributed by atoms with Crippen LogP contribution in [0.5, 0.6) is 0 Å². The van der Waals surface area contributed by atoms with Crippen LogP contribution in [0.2, 0.25) is 0 Å². The van der Waals surface area contributed by atoms with E-state index in [0.717, 1.165) is 11.8 Å². The van der Waals surface area contributed by atoms with Gasteiger partial charge >= 0.3 is 0 Å². The first kappa shape index (κ1) is 17.5.